The zero-order valence-corrected chi connectivity index (χ0v) is 18.1. The van der Waals surface area contributed by atoms with E-state index >= 15 is 0 Å². The van der Waals surface area contributed by atoms with Gasteiger partial charge in [-0.3, -0.25) is 0 Å². The van der Waals surface area contributed by atoms with Crippen molar-refractivity contribution in [2.24, 2.45) is 0 Å². The number of anilines is 5. The molecule has 4 rings (SSSR count). The fourth-order valence-corrected chi connectivity index (χ4v) is 3.37. The van der Waals surface area contributed by atoms with E-state index in [2.05, 4.69) is 49.5 Å². The molecule has 1 aliphatic heterocycles. The van der Waals surface area contributed by atoms with E-state index in [4.69, 9.17) is 11.6 Å². The molecule has 0 radical (unpaired) electrons. The Hall–Kier alpha value is -2.64. The van der Waals surface area contributed by atoms with E-state index in [1.54, 1.807) is 6.07 Å². The van der Waals surface area contributed by atoms with Crippen LogP contribution in [0.15, 0.2) is 42.5 Å². The molecule has 1 saturated heterocycles. The molecule has 2 aromatic carbocycles. The van der Waals surface area contributed by atoms with Gasteiger partial charge in [0.25, 0.3) is 0 Å². The van der Waals surface area contributed by atoms with Gasteiger partial charge in [-0.15, -0.1) is 12.4 Å². The molecule has 0 saturated carbocycles. The summed E-state index contributed by atoms with van der Waals surface area (Å²) in [5, 5.41) is 6.39. The van der Waals surface area contributed by atoms with Gasteiger partial charge in [-0.05, 0) is 55.2 Å². The molecule has 1 fully saturated rings. The van der Waals surface area contributed by atoms with Crippen LogP contribution in [0.1, 0.15) is 25.3 Å². The lowest BCUT2D eigenvalue weighted by molar-refractivity contribution is 0.628. The number of nitrogens with zero attached hydrogens (tertiary/aromatic N) is 4. The molecule has 3 aromatic rings. The number of aromatic nitrogens is 3. The van der Waals surface area contributed by atoms with Crippen LogP contribution in [0.4, 0.5) is 33.6 Å². The average molecular weight is 449 g/mol. The molecule has 1 aromatic heterocycles. The van der Waals surface area contributed by atoms with Crippen molar-refractivity contribution in [3.8, 4) is 0 Å². The van der Waals surface area contributed by atoms with Crippen LogP contribution in [0.3, 0.4) is 0 Å². The van der Waals surface area contributed by atoms with Crippen LogP contribution < -0.4 is 15.5 Å². The number of hydrogen-bond donors (Lipinski definition) is 2. The van der Waals surface area contributed by atoms with Crippen LogP contribution >= 0.6 is 24.0 Å². The Morgan fingerprint density at radius 3 is 2.13 bits per heavy atom. The maximum absolute atomic E-state index is 13.4. The Morgan fingerprint density at radius 1 is 0.933 bits per heavy atom. The van der Waals surface area contributed by atoms with Crippen molar-refractivity contribution < 1.29 is 4.39 Å². The number of rotatable bonds is 6. The summed E-state index contributed by atoms with van der Waals surface area (Å²) in [6, 6.07) is 12.6. The minimum Gasteiger partial charge on any atom is -0.341 e. The lowest BCUT2D eigenvalue weighted by Crippen LogP contribution is -2.21. The van der Waals surface area contributed by atoms with Crippen LogP contribution in [0.25, 0.3) is 0 Å². The van der Waals surface area contributed by atoms with E-state index in [0.717, 1.165) is 38.0 Å². The highest BCUT2D eigenvalue weighted by Gasteiger charge is 2.18. The summed E-state index contributed by atoms with van der Waals surface area (Å²) in [7, 11) is 0. The lowest BCUT2D eigenvalue weighted by Gasteiger charge is -2.17. The highest BCUT2D eigenvalue weighted by atomic mass is 35.5. The molecule has 2 heterocycles. The first-order chi connectivity index (χ1) is 14.1. The van der Waals surface area contributed by atoms with Crippen LogP contribution in [0.2, 0.25) is 5.02 Å². The molecule has 1 aliphatic rings. The summed E-state index contributed by atoms with van der Waals surface area (Å²) in [6.07, 6.45) is 3.21. The maximum atomic E-state index is 13.4. The van der Waals surface area contributed by atoms with Crippen molar-refractivity contribution in [3.05, 3.63) is 58.9 Å². The monoisotopic (exact) mass is 448 g/mol. The average Bonchev–Trinajstić information content (AvgIpc) is 3.26. The van der Waals surface area contributed by atoms with Crippen LogP contribution in [0, 0.1) is 5.82 Å². The van der Waals surface area contributed by atoms with Gasteiger partial charge in [0.05, 0.1) is 5.02 Å². The smallest absolute Gasteiger partial charge is 0.233 e. The Labute approximate surface area is 186 Å². The normalized spacial score (nSPS) is 13.1. The molecule has 0 aliphatic carbocycles. The molecule has 6 nitrogen and oxygen atoms in total. The number of halogens is 3. The number of nitrogens with one attached hydrogen (secondary N) is 2. The van der Waals surface area contributed by atoms with Crippen molar-refractivity contribution in [2.45, 2.75) is 26.2 Å². The van der Waals surface area contributed by atoms with Gasteiger partial charge in [0.1, 0.15) is 5.82 Å². The second kappa shape index (κ2) is 9.91. The first kappa shape index (κ1) is 22.1. The van der Waals surface area contributed by atoms with Gasteiger partial charge in [0, 0.05) is 24.5 Å². The Bertz CT molecular complexity index is 993. The Morgan fingerprint density at radius 2 is 1.53 bits per heavy atom. The minimum absolute atomic E-state index is 0. The molecular weight excluding hydrogens is 426 g/mol. The van der Waals surface area contributed by atoms with E-state index in [9.17, 15) is 4.39 Å². The number of hydrogen-bond acceptors (Lipinski definition) is 6. The summed E-state index contributed by atoms with van der Waals surface area (Å²) in [6.45, 7) is 3.95. The molecule has 158 valence electrons. The Balaban J connectivity index is 0.00000256. The standard InChI is InChI=1S/C21H22ClFN6.ClH/c1-2-14-5-7-15(8-6-14)24-19-26-20(25-16-9-10-18(23)17(22)13-16)28-21(27-19)29-11-3-4-12-29;/h5-10,13H,2-4,11-12H2,1H3,(H2,24,25,26,27,28);1H. The Kier molecular flexibility index (Phi) is 7.29. The first-order valence-electron chi connectivity index (χ1n) is 9.70. The van der Waals surface area contributed by atoms with Gasteiger partial charge >= 0.3 is 0 Å². The predicted molar refractivity (Wildman–Crippen MR) is 122 cm³/mol. The molecule has 2 N–H and O–H groups in total. The summed E-state index contributed by atoms with van der Waals surface area (Å²) < 4.78 is 13.4. The van der Waals surface area contributed by atoms with Crippen LogP contribution in [-0.2, 0) is 6.42 Å². The fourth-order valence-electron chi connectivity index (χ4n) is 3.19. The molecule has 0 bridgehead atoms. The van der Waals surface area contributed by atoms with Crippen LogP contribution in [-0.4, -0.2) is 28.0 Å². The zero-order valence-electron chi connectivity index (χ0n) is 16.5. The second-order valence-electron chi connectivity index (χ2n) is 6.91. The van der Waals surface area contributed by atoms with E-state index in [1.165, 1.54) is 17.7 Å². The minimum atomic E-state index is -0.469. The second-order valence-corrected chi connectivity index (χ2v) is 7.31. The SMILES string of the molecule is CCc1ccc(Nc2nc(Nc3ccc(F)c(Cl)c3)nc(N3CCCC3)n2)cc1.Cl. The molecule has 30 heavy (non-hydrogen) atoms. The summed E-state index contributed by atoms with van der Waals surface area (Å²) in [5.74, 6) is 0.962. The highest BCUT2D eigenvalue weighted by molar-refractivity contribution is 6.31. The predicted octanol–water partition coefficient (Wildman–Crippen LogP) is 5.74. The van der Waals surface area contributed by atoms with Crippen LogP contribution in [0.5, 0.6) is 0 Å². The van der Waals surface area contributed by atoms with Crippen molar-refractivity contribution in [3.63, 3.8) is 0 Å². The van der Waals surface area contributed by atoms with Gasteiger partial charge in [0.15, 0.2) is 0 Å². The number of aryl methyl sites for hydroxylation is 1. The molecule has 0 unspecified atom stereocenters. The van der Waals surface area contributed by atoms with Gasteiger partial charge in [-0.2, -0.15) is 15.0 Å². The quantitative estimate of drug-likeness (QED) is 0.501. The topological polar surface area (TPSA) is 66.0 Å². The van der Waals surface area contributed by atoms with E-state index in [0.29, 0.717) is 23.5 Å². The van der Waals surface area contributed by atoms with Crippen molar-refractivity contribution in [1.29, 1.82) is 0 Å². The third-order valence-electron chi connectivity index (χ3n) is 4.81. The third-order valence-corrected chi connectivity index (χ3v) is 5.10. The van der Waals surface area contributed by atoms with E-state index in [-0.39, 0.29) is 17.4 Å². The molecule has 9 heteroatoms. The fraction of sp³-hybridized carbons (Fsp3) is 0.286. The molecule has 0 amide bonds. The molecule has 0 spiro atoms. The zero-order chi connectivity index (χ0) is 20.2. The van der Waals surface area contributed by atoms with Crippen molar-refractivity contribution in [2.75, 3.05) is 28.6 Å². The van der Waals surface area contributed by atoms with E-state index < -0.39 is 5.82 Å². The molecule has 0 atom stereocenters. The van der Waals surface area contributed by atoms with Gasteiger partial charge in [-0.1, -0.05) is 30.7 Å². The first-order valence-corrected chi connectivity index (χ1v) is 10.1. The molecular formula is C21H23Cl2FN6. The summed E-state index contributed by atoms with van der Waals surface area (Å²) >= 11 is 5.89. The lowest BCUT2D eigenvalue weighted by atomic mass is 10.1. The number of benzene rings is 2. The third kappa shape index (κ3) is 5.29. The largest absolute Gasteiger partial charge is 0.341 e. The summed E-state index contributed by atoms with van der Waals surface area (Å²) in [5.41, 5.74) is 2.77. The van der Waals surface area contributed by atoms with Crippen molar-refractivity contribution >= 4 is 53.2 Å². The van der Waals surface area contributed by atoms with Gasteiger partial charge in [0.2, 0.25) is 17.8 Å². The van der Waals surface area contributed by atoms with Gasteiger partial charge < -0.3 is 15.5 Å². The maximum Gasteiger partial charge on any atom is 0.233 e. The highest BCUT2D eigenvalue weighted by Crippen LogP contribution is 2.25. The van der Waals surface area contributed by atoms with E-state index in [1.807, 2.05) is 12.1 Å². The van der Waals surface area contributed by atoms with Crippen molar-refractivity contribution in [1.82, 2.24) is 15.0 Å². The van der Waals surface area contributed by atoms with Gasteiger partial charge in [-0.25, -0.2) is 4.39 Å². The summed E-state index contributed by atoms with van der Waals surface area (Å²) in [4.78, 5) is 15.8.